The van der Waals surface area contributed by atoms with Gasteiger partial charge in [-0.15, -0.1) is 0 Å². The third kappa shape index (κ3) is 3.60. The summed E-state index contributed by atoms with van der Waals surface area (Å²) in [5, 5.41) is 6.91. The first-order chi connectivity index (χ1) is 13.2. The van der Waals surface area contributed by atoms with E-state index in [1.54, 1.807) is 18.2 Å². The summed E-state index contributed by atoms with van der Waals surface area (Å²) in [5.41, 5.74) is 0.698. The second-order valence-electron chi connectivity index (χ2n) is 6.80. The summed E-state index contributed by atoms with van der Waals surface area (Å²) in [6, 6.07) is 16.1. The fraction of sp³-hybridized carbons (Fsp3) is 0.286. The highest BCUT2D eigenvalue weighted by Crippen LogP contribution is 2.49. The van der Waals surface area contributed by atoms with Gasteiger partial charge in [-0.05, 0) is 25.3 Å². The number of hydrogen-bond donors (Lipinski definition) is 1. The molecule has 1 amide bonds. The number of halogens is 1. The third-order valence-electron chi connectivity index (χ3n) is 4.93. The molecular weight excluding hydrogens is 345 g/mol. The maximum atomic E-state index is 14.0. The lowest BCUT2D eigenvalue weighted by Gasteiger charge is -2.16. The van der Waals surface area contributed by atoms with Gasteiger partial charge in [-0.3, -0.25) is 4.79 Å². The molecule has 4 rings (SSSR count). The number of aryl methyl sites for hydroxylation is 1. The van der Waals surface area contributed by atoms with Gasteiger partial charge in [-0.2, -0.15) is 4.98 Å². The maximum Gasteiger partial charge on any atom is 0.230 e. The molecule has 0 saturated heterocycles. The van der Waals surface area contributed by atoms with Crippen molar-refractivity contribution in [3.63, 3.8) is 0 Å². The highest BCUT2D eigenvalue weighted by atomic mass is 19.1. The normalized spacial score (nSPS) is 14.7. The Labute approximate surface area is 156 Å². The third-order valence-corrected chi connectivity index (χ3v) is 4.93. The number of hydrogen-bond acceptors (Lipinski definition) is 4. The Morgan fingerprint density at radius 1 is 1.11 bits per heavy atom. The lowest BCUT2D eigenvalue weighted by molar-refractivity contribution is -0.123. The van der Waals surface area contributed by atoms with Crippen LogP contribution in [0.25, 0.3) is 11.4 Å². The average molecular weight is 365 g/mol. The number of benzene rings is 2. The molecule has 1 aliphatic carbocycles. The van der Waals surface area contributed by atoms with Gasteiger partial charge in [0.05, 0.1) is 5.41 Å². The number of carbonyl (C=O) groups excluding carboxylic acids is 1. The molecule has 0 aliphatic heterocycles. The summed E-state index contributed by atoms with van der Waals surface area (Å²) < 4.78 is 19.3. The van der Waals surface area contributed by atoms with Gasteiger partial charge in [0, 0.05) is 24.1 Å². The lowest BCUT2D eigenvalue weighted by atomic mass is 9.94. The van der Waals surface area contributed by atoms with Crippen LogP contribution in [0.2, 0.25) is 0 Å². The topological polar surface area (TPSA) is 68.0 Å². The van der Waals surface area contributed by atoms with Gasteiger partial charge in [0.15, 0.2) is 0 Å². The standard InChI is InChI=1S/C21H20FN3O2/c22-17-10-5-4-9-16(17)21(12-13-21)20(26)23-14-6-11-18-24-19(25-27-18)15-7-2-1-3-8-15/h1-5,7-10H,6,11-14H2,(H,23,26). The zero-order valence-corrected chi connectivity index (χ0v) is 14.8. The molecule has 27 heavy (non-hydrogen) atoms. The van der Waals surface area contributed by atoms with Crippen LogP contribution in [0.4, 0.5) is 4.39 Å². The zero-order valence-electron chi connectivity index (χ0n) is 14.8. The fourth-order valence-electron chi connectivity index (χ4n) is 3.26. The van der Waals surface area contributed by atoms with Crippen molar-refractivity contribution in [3.8, 4) is 11.4 Å². The van der Waals surface area contributed by atoms with Crippen LogP contribution in [0.5, 0.6) is 0 Å². The summed E-state index contributed by atoms with van der Waals surface area (Å²) >= 11 is 0. The molecule has 138 valence electrons. The molecule has 0 spiro atoms. The maximum absolute atomic E-state index is 14.0. The number of aromatic nitrogens is 2. The van der Waals surface area contributed by atoms with Gasteiger partial charge in [0.25, 0.3) is 0 Å². The molecule has 0 unspecified atom stereocenters. The van der Waals surface area contributed by atoms with Crippen molar-refractivity contribution in [1.82, 2.24) is 15.5 Å². The molecule has 5 nitrogen and oxygen atoms in total. The van der Waals surface area contributed by atoms with Crippen molar-refractivity contribution >= 4 is 5.91 Å². The van der Waals surface area contributed by atoms with E-state index in [-0.39, 0.29) is 11.7 Å². The Balaban J connectivity index is 1.29. The molecule has 2 aromatic carbocycles. The highest BCUT2D eigenvalue weighted by molar-refractivity contribution is 5.91. The van der Waals surface area contributed by atoms with Crippen LogP contribution in [0.3, 0.4) is 0 Å². The van der Waals surface area contributed by atoms with Crippen molar-refractivity contribution in [2.45, 2.75) is 31.1 Å². The Morgan fingerprint density at radius 2 is 1.85 bits per heavy atom. The quantitative estimate of drug-likeness (QED) is 0.649. The van der Waals surface area contributed by atoms with Gasteiger partial charge < -0.3 is 9.84 Å². The first-order valence-corrected chi connectivity index (χ1v) is 9.10. The second kappa shape index (κ2) is 7.31. The van der Waals surface area contributed by atoms with Crippen molar-refractivity contribution < 1.29 is 13.7 Å². The number of carbonyl (C=O) groups is 1. The first kappa shape index (κ1) is 17.4. The fourth-order valence-corrected chi connectivity index (χ4v) is 3.26. The largest absolute Gasteiger partial charge is 0.355 e. The minimum absolute atomic E-state index is 0.108. The smallest absolute Gasteiger partial charge is 0.230 e. The summed E-state index contributed by atoms with van der Waals surface area (Å²) in [6.45, 7) is 0.484. The Morgan fingerprint density at radius 3 is 2.59 bits per heavy atom. The monoisotopic (exact) mass is 365 g/mol. The predicted molar refractivity (Wildman–Crippen MR) is 98.4 cm³/mol. The van der Waals surface area contributed by atoms with E-state index in [9.17, 15) is 9.18 Å². The van der Waals surface area contributed by atoms with E-state index in [1.165, 1.54) is 6.07 Å². The molecular formula is C21H20FN3O2. The minimum Gasteiger partial charge on any atom is -0.355 e. The number of nitrogens with zero attached hydrogens (tertiary/aromatic N) is 2. The summed E-state index contributed by atoms with van der Waals surface area (Å²) in [7, 11) is 0. The second-order valence-corrected chi connectivity index (χ2v) is 6.80. The highest BCUT2D eigenvalue weighted by Gasteiger charge is 2.52. The van der Waals surface area contributed by atoms with Crippen LogP contribution in [0.1, 0.15) is 30.7 Å². The molecule has 3 aromatic rings. The first-order valence-electron chi connectivity index (χ1n) is 9.10. The molecule has 1 heterocycles. The Kier molecular flexibility index (Phi) is 4.71. The van der Waals surface area contributed by atoms with E-state index in [1.807, 2.05) is 30.3 Å². The summed E-state index contributed by atoms with van der Waals surface area (Å²) in [4.78, 5) is 16.9. The van der Waals surface area contributed by atoms with E-state index in [0.717, 1.165) is 5.56 Å². The SMILES string of the molecule is O=C(NCCCc1nc(-c2ccccc2)no1)C1(c2ccccc2F)CC1. The number of amides is 1. The molecule has 1 aromatic heterocycles. The molecule has 0 radical (unpaired) electrons. The Hall–Kier alpha value is -3.02. The van der Waals surface area contributed by atoms with Crippen molar-refractivity contribution in [2.24, 2.45) is 0 Å². The van der Waals surface area contributed by atoms with Gasteiger partial charge in [-0.1, -0.05) is 53.7 Å². The Bertz CT molecular complexity index is 935. The van der Waals surface area contributed by atoms with Crippen LogP contribution in [0, 0.1) is 5.82 Å². The molecule has 1 N–H and O–H groups in total. The van der Waals surface area contributed by atoms with Crippen LogP contribution in [-0.2, 0) is 16.6 Å². The molecule has 1 saturated carbocycles. The molecule has 6 heteroatoms. The van der Waals surface area contributed by atoms with E-state index < -0.39 is 5.41 Å². The van der Waals surface area contributed by atoms with Crippen molar-refractivity contribution in [2.75, 3.05) is 6.54 Å². The van der Waals surface area contributed by atoms with Crippen LogP contribution < -0.4 is 5.32 Å². The van der Waals surface area contributed by atoms with Crippen molar-refractivity contribution in [1.29, 1.82) is 0 Å². The molecule has 1 fully saturated rings. The van der Waals surface area contributed by atoms with E-state index >= 15 is 0 Å². The van der Waals surface area contributed by atoms with Crippen LogP contribution >= 0.6 is 0 Å². The number of nitrogens with one attached hydrogen (secondary N) is 1. The van der Waals surface area contributed by atoms with Crippen LogP contribution in [-0.4, -0.2) is 22.6 Å². The van der Waals surface area contributed by atoms with Crippen molar-refractivity contribution in [3.05, 3.63) is 71.9 Å². The predicted octanol–water partition coefficient (Wildman–Crippen LogP) is 3.66. The number of rotatable bonds is 7. The summed E-state index contributed by atoms with van der Waals surface area (Å²) in [5.74, 6) is 0.678. The van der Waals surface area contributed by atoms with E-state index in [2.05, 4.69) is 15.5 Å². The lowest BCUT2D eigenvalue weighted by Crippen LogP contribution is -2.36. The summed E-state index contributed by atoms with van der Waals surface area (Å²) in [6.07, 6.45) is 2.62. The van der Waals surface area contributed by atoms with Gasteiger partial charge in [0.1, 0.15) is 5.82 Å². The van der Waals surface area contributed by atoms with E-state index in [0.29, 0.717) is 49.5 Å². The zero-order chi connectivity index (χ0) is 18.7. The average Bonchev–Trinajstić information content (AvgIpc) is 3.37. The van der Waals surface area contributed by atoms with Gasteiger partial charge >= 0.3 is 0 Å². The molecule has 1 aliphatic rings. The van der Waals surface area contributed by atoms with Crippen LogP contribution in [0.15, 0.2) is 59.1 Å². The molecule has 0 bridgehead atoms. The van der Waals surface area contributed by atoms with Gasteiger partial charge in [0.2, 0.25) is 17.6 Å². The van der Waals surface area contributed by atoms with Gasteiger partial charge in [-0.25, -0.2) is 4.39 Å². The molecule has 0 atom stereocenters. The van der Waals surface area contributed by atoms with E-state index in [4.69, 9.17) is 4.52 Å². The minimum atomic E-state index is -0.698.